The standard InChI is InChI=1S/C11H19N3O/c1-3-14(8-4-7-12)10(15)11(2,13)9-5-6-9/h9H,3-6,8,13H2,1-2H3. The van der Waals surface area contributed by atoms with Crippen LogP contribution in [-0.2, 0) is 4.79 Å². The number of nitrogens with zero attached hydrogens (tertiary/aromatic N) is 2. The summed E-state index contributed by atoms with van der Waals surface area (Å²) in [5.74, 6) is 0.323. The number of rotatable bonds is 5. The second-order valence-electron chi connectivity index (χ2n) is 4.35. The van der Waals surface area contributed by atoms with Gasteiger partial charge in [-0.3, -0.25) is 4.79 Å². The zero-order chi connectivity index (χ0) is 11.5. The van der Waals surface area contributed by atoms with Crippen LogP contribution < -0.4 is 5.73 Å². The molecule has 0 aromatic heterocycles. The number of nitriles is 1. The Morgan fingerprint density at radius 3 is 2.67 bits per heavy atom. The molecule has 1 unspecified atom stereocenters. The lowest BCUT2D eigenvalue weighted by atomic mass is 9.95. The van der Waals surface area contributed by atoms with Crippen LogP contribution in [0.3, 0.4) is 0 Å². The fourth-order valence-corrected chi connectivity index (χ4v) is 1.79. The highest BCUT2D eigenvalue weighted by atomic mass is 16.2. The first-order valence-corrected chi connectivity index (χ1v) is 5.49. The van der Waals surface area contributed by atoms with Gasteiger partial charge in [0, 0.05) is 13.1 Å². The van der Waals surface area contributed by atoms with Crippen LogP contribution in [-0.4, -0.2) is 29.4 Å². The molecule has 0 aliphatic heterocycles. The Morgan fingerprint density at radius 1 is 1.67 bits per heavy atom. The molecule has 1 saturated carbocycles. The monoisotopic (exact) mass is 209 g/mol. The van der Waals surface area contributed by atoms with E-state index in [-0.39, 0.29) is 5.91 Å². The third kappa shape index (κ3) is 2.69. The van der Waals surface area contributed by atoms with Crippen molar-refractivity contribution in [1.82, 2.24) is 4.90 Å². The molecule has 1 aliphatic rings. The predicted octanol–water partition coefficient (Wildman–Crippen LogP) is 0.876. The predicted molar refractivity (Wildman–Crippen MR) is 57.8 cm³/mol. The maximum atomic E-state index is 12.1. The molecule has 4 nitrogen and oxygen atoms in total. The number of carbonyl (C=O) groups is 1. The van der Waals surface area contributed by atoms with E-state index >= 15 is 0 Å². The zero-order valence-electron chi connectivity index (χ0n) is 9.49. The molecule has 1 atom stereocenters. The number of carbonyl (C=O) groups excluding carboxylic acids is 1. The van der Waals surface area contributed by atoms with Gasteiger partial charge < -0.3 is 10.6 Å². The van der Waals surface area contributed by atoms with Crippen LogP contribution in [0.4, 0.5) is 0 Å². The van der Waals surface area contributed by atoms with Crippen LogP contribution in [0.2, 0.25) is 0 Å². The minimum Gasteiger partial charge on any atom is -0.340 e. The van der Waals surface area contributed by atoms with Gasteiger partial charge in [0.2, 0.25) is 5.91 Å². The molecule has 1 aliphatic carbocycles. The van der Waals surface area contributed by atoms with Crippen LogP contribution >= 0.6 is 0 Å². The first kappa shape index (κ1) is 12.0. The molecule has 1 amide bonds. The summed E-state index contributed by atoms with van der Waals surface area (Å²) in [5.41, 5.74) is 5.31. The Morgan fingerprint density at radius 2 is 2.27 bits per heavy atom. The Labute approximate surface area is 91.0 Å². The van der Waals surface area contributed by atoms with Crippen LogP contribution in [0.25, 0.3) is 0 Å². The first-order valence-electron chi connectivity index (χ1n) is 5.49. The first-order chi connectivity index (χ1) is 7.04. The van der Waals surface area contributed by atoms with Crippen LogP contribution in [0.15, 0.2) is 0 Å². The number of likely N-dealkylation sites (N-methyl/N-ethyl adjacent to an activating group) is 1. The van der Waals surface area contributed by atoms with Gasteiger partial charge in [0.05, 0.1) is 18.0 Å². The van der Waals surface area contributed by atoms with E-state index in [2.05, 4.69) is 0 Å². The van der Waals surface area contributed by atoms with E-state index < -0.39 is 5.54 Å². The molecule has 0 saturated heterocycles. The topological polar surface area (TPSA) is 70.1 Å². The van der Waals surface area contributed by atoms with Gasteiger partial charge in [0.15, 0.2) is 0 Å². The van der Waals surface area contributed by atoms with Crippen molar-refractivity contribution in [3.05, 3.63) is 0 Å². The van der Waals surface area contributed by atoms with Gasteiger partial charge in [-0.25, -0.2) is 0 Å². The van der Waals surface area contributed by atoms with Crippen molar-refractivity contribution in [1.29, 1.82) is 5.26 Å². The van der Waals surface area contributed by atoms with Crippen molar-refractivity contribution in [2.45, 2.75) is 38.6 Å². The fourth-order valence-electron chi connectivity index (χ4n) is 1.79. The maximum Gasteiger partial charge on any atom is 0.242 e. The Balaban J connectivity index is 2.59. The lowest BCUT2D eigenvalue weighted by Gasteiger charge is -2.30. The number of amides is 1. The molecule has 0 bridgehead atoms. The second kappa shape index (κ2) is 4.63. The number of nitrogens with two attached hydrogens (primary N) is 1. The molecule has 0 radical (unpaired) electrons. The van der Waals surface area contributed by atoms with E-state index in [9.17, 15) is 4.79 Å². The average molecular weight is 209 g/mol. The SMILES string of the molecule is CCN(CCC#N)C(=O)C(C)(N)C1CC1. The second-order valence-corrected chi connectivity index (χ2v) is 4.35. The van der Waals surface area contributed by atoms with E-state index in [1.165, 1.54) is 0 Å². The molecule has 4 heteroatoms. The number of hydrogen-bond donors (Lipinski definition) is 1. The fraction of sp³-hybridized carbons (Fsp3) is 0.818. The van der Waals surface area contributed by atoms with Crippen molar-refractivity contribution in [3.8, 4) is 6.07 Å². The molecule has 1 rings (SSSR count). The minimum atomic E-state index is -0.731. The van der Waals surface area contributed by atoms with Gasteiger partial charge in [0.1, 0.15) is 0 Å². The lowest BCUT2D eigenvalue weighted by molar-refractivity contribution is -0.136. The van der Waals surface area contributed by atoms with E-state index in [1.54, 1.807) is 4.90 Å². The summed E-state index contributed by atoms with van der Waals surface area (Å²) < 4.78 is 0. The summed E-state index contributed by atoms with van der Waals surface area (Å²) in [6.45, 7) is 4.84. The lowest BCUT2D eigenvalue weighted by Crippen LogP contribution is -2.55. The van der Waals surface area contributed by atoms with Gasteiger partial charge in [-0.2, -0.15) is 5.26 Å². The molecule has 2 N–H and O–H groups in total. The molecule has 1 fully saturated rings. The highest BCUT2D eigenvalue weighted by Gasteiger charge is 2.45. The normalized spacial score (nSPS) is 19.1. The third-order valence-electron chi connectivity index (χ3n) is 3.05. The molecule has 0 aromatic carbocycles. The largest absolute Gasteiger partial charge is 0.340 e. The van der Waals surface area contributed by atoms with Gasteiger partial charge in [-0.1, -0.05) is 0 Å². The van der Waals surface area contributed by atoms with Crippen LogP contribution in [0.5, 0.6) is 0 Å². The van der Waals surface area contributed by atoms with Crippen LogP contribution in [0, 0.1) is 17.2 Å². The van der Waals surface area contributed by atoms with Crippen molar-refractivity contribution < 1.29 is 4.79 Å². The van der Waals surface area contributed by atoms with Gasteiger partial charge in [-0.05, 0) is 32.6 Å². The molecule has 0 spiro atoms. The van der Waals surface area contributed by atoms with Gasteiger partial charge in [0.25, 0.3) is 0 Å². The van der Waals surface area contributed by atoms with Gasteiger partial charge in [-0.15, -0.1) is 0 Å². The quantitative estimate of drug-likeness (QED) is 0.730. The highest BCUT2D eigenvalue weighted by molar-refractivity contribution is 5.86. The molecule has 15 heavy (non-hydrogen) atoms. The Hall–Kier alpha value is -1.08. The minimum absolute atomic E-state index is 0.0113. The van der Waals surface area contributed by atoms with E-state index in [0.717, 1.165) is 12.8 Å². The van der Waals surface area contributed by atoms with Gasteiger partial charge >= 0.3 is 0 Å². The van der Waals surface area contributed by atoms with Crippen molar-refractivity contribution in [3.63, 3.8) is 0 Å². The molecule has 84 valence electrons. The van der Waals surface area contributed by atoms with Crippen LogP contribution in [0.1, 0.15) is 33.1 Å². The Kier molecular flexibility index (Phi) is 3.70. The summed E-state index contributed by atoms with van der Waals surface area (Å²) in [7, 11) is 0. The van der Waals surface area contributed by atoms with E-state index in [1.807, 2.05) is 19.9 Å². The average Bonchev–Trinajstić information content (AvgIpc) is 3.02. The summed E-state index contributed by atoms with van der Waals surface area (Å²) >= 11 is 0. The summed E-state index contributed by atoms with van der Waals surface area (Å²) in [5, 5.41) is 8.50. The van der Waals surface area contributed by atoms with Crippen molar-refractivity contribution >= 4 is 5.91 Å². The number of hydrogen-bond acceptors (Lipinski definition) is 3. The maximum absolute atomic E-state index is 12.1. The van der Waals surface area contributed by atoms with Crippen molar-refractivity contribution in [2.24, 2.45) is 11.7 Å². The van der Waals surface area contributed by atoms with E-state index in [4.69, 9.17) is 11.0 Å². The molecule has 0 heterocycles. The smallest absolute Gasteiger partial charge is 0.242 e. The zero-order valence-corrected chi connectivity index (χ0v) is 9.49. The molecular weight excluding hydrogens is 190 g/mol. The molecular formula is C11H19N3O. The summed E-state index contributed by atoms with van der Waals surface area (Å²) in [4.78, 5) is 13.8. The summed E-state index contributed by atoms with van der Waals surface area (Å²) in [6, 6.07) is 2.05. The Bertz CT molecular complexity index is 276. The third-order valence-corrected chi connectivity index (χ3v) is 3.05. The molecule has 0 aromatic rings. The highest BCUT2D eigenvalue weighted by Crippen LogP contribution is 2.38. The van der Waals surface area contributed by atoms with Crippen molar-refractivity contribution in [2.75, 3.05) is 13.1 Å². The summed E-state index contributed by atoms with van der Waals surface area (Å²) in [6.07, 6.45) is 2.48. The van der Waals surface area contributed by atoms with E-state index in [0.29, 0.717) is 25.4 Å².